The molecule has 1 N–H and O–H groups in total. The monoisotopic (exact) mass is 239 g/mol. The van der Waals surface area contributed by atoms with Crippen LogP contribution in [0.5, 0.6) is 0 Å². The molecule has 2 unspecified atom stereocenters. The summed E-state index contributed by atoms with van der Waals surface area (Å²) in [6.07, 6.45) is 1.15. The van der Waals surface area contributed by atoms with Crippen molar-refractivity contribution in [2.24, 2.45) is 11.8 Å². The Morgan fingerprint density at radius 2 is 1.88 bits per heavy atom. The van der Waals surface area contributed by atoms with Gasteiger partial charge in [-0.05, 0) is 36.9 Å². The largest absolute Gasteiger partial charge is 0.309 e. The maximum atomic E-state index is 3.63. The highest BCUT2D eigenvalue weighted by Gasteiger charge is 2.22. The summed E-state index contributed by atoms with van der Waals surface area (Å²) < 4.78 is 0. The zero-order chi connectivity index (χ0) is 12.1. The first-order valence-electron chi connectivity index (χ1n) is 6.42. The average molecular weight is 239 g/mol. The van der Waals surface area contributed by atoms with Gasteiger partial charge in [-0.3, -0.25) is 0 Å². The van der Waals surface area contributed by atoms with Crippen molar-refractivity contribution in [1.82, 2.24) is 5.32 Å². The summed E-state index contributed by atoms with van der Waals surface area (Å²) >= 11 is 1.96. The van der Waals surface area contributed by atoms with Crippen LogP contribution in [0.25, 0.3) is 0 Å². The fourth-order valence-corrected chi connectivity index (χ4v) is 3.05. The smallest absolute Gasteiger partial charge is 0.0443 e. The van der Waals surface area contributed by atoms with Gasteiger partial charge in [0.2, 0.25) is 0 Å². The van der Waals surface area contributed by atoms with Gasteiger partial charge < -0.3 is 5.32 Å². The van der Waals surface area contributed by atoms with Crippen LogP contribution in [0.15, 0.2) is 12.1 Å². The summed E-state index contributed by atoms with van der Waals surface area (Å²) in [4.78, 5) is 2.99. The molecule has 16 heavy (non-hydrogen) atoms. The van der Waals surface area contributed by atoms with Crippen molar-refractivity contribution >= 4 is 11.3 Å². The van der Waals surface area contributed by atoms with Crippen LogP contribution >= 0.6 is 11.3 Å². The molecule has 0 saturated carbocycles. The predicted octanol–water partition coefficient (Wildman–Crippen LogP) is 4.25. The van der Waals surface area contributed by atoms with Gasteiger partial charge in [-0.2, -0.15) is 0 Å². The molecule has 0 aliphatic heterocycles. The lowest BCUT2D eigenvalue weighted by molar-refractivity contribution is 0.311. The minimum atomic E-state index is 0.523. The molecule has 0 amide bonds. The van der Waals surface area contributed by atoms with E-state index in [1.165, 1.54) is 9.75 Å². The van der Waals surface area contributed by atoms with Crippen molar-refractivity contribution < 1.29 is 0 Å². The second kappa shape index (κ2) is 6.41. The Kier molecular flexibility index (Phi) is 5.50. The molecule has 2 heteroatoms. The molecule has 1 rings (SSSR count). The van der Waals surface area contributed by atoms with Crippen molar-refractivity contribution in [3.8, 4) is 0 Å². The first kappa shape index (κ1) is 13.7. The molecule has 0 radical (unpaired) electrons. The van der Waals surface area contributed by atoms with Gasteiger partial charge in [0.1, 0.15) is 0 Å². The quantitative estimate of drug-likeness (QED) is 0.782. The summed E-state index contributed by atoms with van der Waals surface area (Å²) in [5, 5.41) is 3.63. The Hall–Kier alpha value is -0.340. The molecule has 1 nitrogen and oxygen atoms in total. The molecular formula is C14H25NS. The molecule has 0 aliphatic rings. The third kappa shape index (κ3) is 3.33. The van der Waals surface area contributed by atoms with Gasteiger partial charge in [0.25, 0.3) is 0 Å². The van der Waals surface area contributed by atoms with Crippen LogP contribution in [0, 0.1) is 11.8 Å². The van der Waals surface area contributed by atoms with E-state index in [2.05, 4.69) is 52.1 Å². The van der Waals surface area contributed by atoms with Gasteiger partial charge in [0.15, 0.2) is 0 Å². The van der Waals surface area contributed by atoms with Crippen LogP contribution in [0.4, 0.5) is 0 Å². The van der Waals surface area contributed by atoms with Crippen LogP contribution in [0.2, 0.25) is 0 Å². The molecule has 1 heterocycles. The molecular weight excluding hydrogens is 214 g/mol. The van der Waals surface area contributed by atoms with Gasteiger partial charge in [0, 0.05) is 15.8 Å². The van der Waals surface area contributed by atoms with Crippen molar-refractivity contribution in [2.75, 3.05) is 6.54 Å². The number of rotatable bonds is 6. The van der Waals surface area contributed by atoms with E-state index in [1.54, 1.807) is 0 Å². The minimum Gasteiger partial charge on any atom is -0.309 e. The van der Waals surface area contributed by atoms with Crippen molar-refractivity contribution in [3.63, 3.8) is 0 Å². The van der Waals surface area contributed by atoms with Crippen LogP contribution in [-0.4, -0.2) is 6.54 Å². The Balaban J connectivity index is 2.83. The molecule has 0 spiro atoms. The normalized spacial score (nSPS) is 15.4. The third-order valence-electron chi connectivity index (χ3n) is 3.34. The molecule has 0 fully saturated rings. The zero-order valence-corrected chi connectivity index (χ0v) is 12.0. The molecule has 0 aromatic carbocycles. The highest BCUT2D eigenvalue weighted by atomic mass is 32.1. The number of hydrogen-bond donors (Lipinski definition) is 1. The number of nitrogens with one attached hydrogen (secondary N) is 1. The molecule has 1 aromatic rings. The van der Waals surface area contributed by atoms with E-state index in [0.29, 0.717) is 12.0 Å². The maximum absolute atomic E-state index is 3.63. The van der Waals surface area contributed by atoms with E-state index in [9.17, 15) is 0 Å². The van der Waals surface area contributed by atoms with Crippen LogP contribution in [0.1, 0.15) is 50.4 Å². The van der Waals surface area contributed by atoms with Gasteiger partial charge in [-0.25, -0.2) is 0 Å². The first-order valence-corrected chi connectivity index (χ1v) is 7.23. The van der Waals surface area contributed by atoms with Gasteiger partial charge >= 0.3 is 0 Å². The van der Waals surface area contributed by atoms with Gasteiger partial charge in [-0.1, -0.05) is 34.6 Å². The summed E-state index contributed by atoms with van der Waals surface area (Å²) in [5.41, 5.74) is 0. The van der Waals surface area contributed by atoms with Crippen LogP contribution in [0.3, 0.4) is 0 Å². The average Bonchev–Trinajstić information content (AvgIpc) is 2.73. The van der Waals surface area contributed by atoms with E-state index in [0.717, 1.165) is 18.9 Å². The number of hydrogen-bond acceptors (Lipinski definition) is 2. The standard InChI is InChI=1S/C14H25NS/c1-6-12-8-9-13(16-12)14(15-7-2)11(5)10(3)4/h8-11,14-15H,6-7H2,1-5H3. The zero-order valence-electron chi connectivity index (χ0n) is 11.2. The number of thiophene rings is 1. The van der Waals surface area contributed by atoms with E-state index in [4.69, 9.17) is 0 Å². The molecule has 0 bridgehead atoms. The molecule has 0 saturated heterocycles. The van der Waals surface area contributed by atoms with E-state index in [1.807, 2.05) is 11.3 Å². The van der Waals surface area contributed by atoms with E-state index < -0.39 is 0 Å². The second-order valence-electron chi connectivity index (χ2n) is 4.80. The van der Waals surface area contributed by atoms with E-state index >= 15 is 0 Å². The highest BCUT2D eigenvalue weighted by Crippen LogP contribution is 2.32. The molecule has 0 aliphatic carbocycles. The maximum Gasteiger partial charge on any atom is 0.0443 e. The first-order chi connectivity index (χ1) is 7.60. The summed E-state index contributed by atoms with van der Waals surface area (Å²) in [5.74, 6) is 1.40. The van der Waals surface area contributed by atoms with Gasteiger partial charge in [0.05, 0.1) is 0 Å². The third-order valence-corrected chi connectivity index (χ3v) is 4.65. The minimum absolute atomic E-state index is 0.523. The van der Waals surface area contributed by atoms with Crippen LogP contribution < -0.4 is 5.32 Å². The lowest BCUT2D eigenvalue weighted by Crippen LogP contribution is -2.28. The predicted molar refractivity (Wildman–Crippen MR) is 74.1 cm³/mol. The summed E-state index contributed by atoms with van der Waals surface area (Å²) in [6, 6.07) is 5.10. The fourth-order valence-electron chi connectivity index (χ4n) is 1.90. The lowest BCUT2D eigenvalue weighted by atomic mass is 9.89. The van der Waals surface area contributed by atoms with Crippen LogP contribution in [-0.2, 0) is 6.42 Å². The van der Waals surface area contributed by atoms with Gasteiger partial charge in [-0.15, -0.1) is 11.3 Å². The lowest BCUT2D eigenvalue weighted by Gasteiger charge is -2.26. The van der Waals surface area contributed by atoms with E-state index in [-0.39, 0.29) is 0 Å². The topological polar surface area (TPSA) is 12.0 Å². The molecule has 2 atom stereocenters. The Bertz CT molecular complexity index is 303. The molecule has 1 aromatic heterocycles. The van der Waals surface area contributed by atoms with Crippen molar-refractivity contribution in [2.45, 2.75) is 47.1 Å². The van der Waals surface area contributed by atoms with Crippen molar-refractivity contribution in [3.05, 3.63) is 21.9 Å². The summed E-state index contributed by atoms with van der Waals surface area (Å²) in [6.45, 7) is 12.4. The van der Waals surface area contributed by atoms with Crippen molar-refractivity contribution in [1.29, 1.82) is 0 Å². The highest BCUT2D eigenvalue weighted by molar-refractivity contribution is 7.12. The fraction of sp³-hybridized carbons (Fsp3) is 0.714. The Morgan fingerprint density at radius 1 is 1.19 bits per heavy atom. The summed E-state index contributed by atoms with van der Waals surface area (Å²) in [7, 11) is 0. The SMILES string of the molecule is CCNC(c1ccc(CC)s1)C(C)C(C)C. The second-order valence-corrected chi connectivity index (χ2v) is 6.00. The molecule has 92 valence electrons. The Morgan fingerprint density at radius 3 is 2.31 bits per heavy atom. The Labute approximate surface area is 104 Å². The number of aryl methyl sites for hydroxylation is 1.